The molecule has 0 fully saturated rings. The zero-order valence-electron chi connectivity index (χ0n) is 11.0. The van der Waals surface area contributed by atoms with Gasteiger partial charge in [-0.15, -0.1) is 0 Å². The molecular weight excluding hydrogens is 304 g/mol. The fourth-order valence-corrected chi connectivity index (χ4v) is 2.74. The Morgan fingerprint density at radius 2 is 2.00 bits per heavy atom. The van der Waals surface area contributed by atoms with Gasteiger partial charge in [-0.1, -0.05) is 11.6 Å². The third-order valence-corrected chi connectivity index (χ3v) is 4.51. The Hall–Kier alpha value is -1.15. The van der Waals surface area contributed by atoms with E-state index in [9.17, 15) is 13.2 Å². The SMILES string of the molecule is COCC(N)C(=O)NCCS(=O)(=O)c1ccc(Cl)cc1. The molecule has 1 aromatic rings. The maximum atomic E-state index is 12.0. The average molecular weight is 321 g/mol. The Bertz CT molecular complexity index is 545. The molecular formula is C12H17ClN2O4S. The van der Waals surface area contributed by atoms with Gasteiger partial charge in [0.2, 0.25) is 5.91 Å². The van der Waals surface area contributed by atoms with Crippen molar-refractivity contribution in [2.75, 3.05) is 26.0 Å². The van der Waals surface area contributed by atoms with Crippen LogP contribution < -0.4 is 11.1 Å². The molecule has 6 nitrogen and oxygen atoms in total. The molecule has 1 atom stereocenters. The smallest absolute Gasteiger partial charge is 0.239 e. The maximum Gasteiger partial charge on any atom is 0.239 e. The molecule has 1 unspecified atom stereocenters. The third-order valence-electron chi connectivity index (χ3n) is 2.53. The third kappa shape index (κ3) is 5.09. The number of carbonyl (C=O) groups is 1. The summed E-state index contributed by atoms with van der Waals surface area (Å²) in [6.07, 6.45) is 0. The fraction of sp³-hybridized carbons (Fsp3) is 0.417. The summed E-state index contributed by atoms with van der Waals surface area (Å²) in [6, 6.07) is 5.05. The summed E-state index contributed by atoms with van der Waals surface area (Å²) >= 11 is 5.69. The average Bonchev–Trinajstić information content (AvgIpc) is 2.39. The van der Waals surface area contributed by atoms with Crippen LogP contribution in [0.4, 0.5) is 0 Å². The molecule has 3 N–H and O–H groups in total. The molecule has 1 amide bonds. The van der Waals surface area contributed by atoms with Gasteiger partial charge in [-0.3, -0.25) is 4.79 Å². The molecule has 0 radical (unpaired) electrons. The number of hydrogen-bond acceptors (Lipinski definition) is 5. The van der Waals surface area contributed by atoms with E-state index in [0.717, 1.165) is 0 Å². The molecule has 0 aromatic heterocycles. The first kappa shape index (κ1) is 16.9. The molecule has 0 aliphatic rings. The van der Waals surface area contributed by atoms with Gasteiger partial charge >= 0.3 is 0 Å². The number of halogens is 1. The van der Waals surface area contributed by atoms with E-state index < -0.39 is 21.8 Å². The number of hydrogen-bond donors (Lipinski definition) is 2. The van der Waals surface area contributed by atoms with Crippen LogP contribution in [0.25, 0.3) is 0 Å². The van der Waals surface area contributed by atoms with Gasteiger partial charge in [-0.05, 0) is 24.3 Å². The van der Waals surface area contributed by atoms with Crippen molar-refractivity contribution in [2.24, 2.45) is 5.73 Å². The Kier molecular flexibility index (Phi) is 6.41. The number of methoxy groups -OCH3 is 1. The summed E-state index contributed by atoms with van der Waals surface area (Å²) in [5, 5.41) is 2.92. The minimum absolute atomic E-state index is 0.0127. The quantitative estimate of drug-likeness (QED) is 0.748. The highest BCUT2D eigenvalue weighted by molar-refractivity contribution is 7.91. The van der Waals surface area contributed by atoms with Crippen LogP contribution in [-0.2, 0) is 19.4 Å². The number of sulfone groups is 1. The highest BCUT2D eigenvalue weighted by atomic mass is 35.5. The first-order valence-corrected chi connectivity index (χ1v) is 7.90. The van der Waals surface area contributed by atoms with Crippen LogP contribution in [0.2, 0.25) is 5.02 Å². The Morgan fingerprint density at radius 3 is 2.55 bits per heavy atom. The van der Waals surface area contributed by atoms with E-state index in [0.29, 0.717) is 5.02 Å². The van der Waals surface area contributed by atoms with Crippen LogP contribution in [0.1, 0.15) is 0 Å². The minimum atomic E-state index is -3.46. The molecule has 0 bridgehead atoms. The normalized spacial score (nSPS) is 12.9. The Labute approximate surface area is 123 Å². The Morgan fingerprint density at radius 1 is 1.40 bits per heavy atom. The van der Waals surface area contributed by atoms with Crippen LogP contribution in [0.3, 0.4) is 0 Å². The number of nitrogens with one attached hydrogen (secondary N) is 1. The lowest BCUT2D eigenvalue weighted by Crippen LogP contribution is -2.44. The lowest BCUT2D eigenvalue weighted by atomic mass is 10.3. The van der Waals surface area contributed by atoms with Gasteiger partial charge in [-0.25, -0.2) is 8.42 Å². The van der Waals surface area contributed by atoms with Crippen molar-refractivity contribution in [3.63, 3.8) is 0 Å². The van der Waals surface area contributed by atoms with Crippen LogP contribution in [0, 0.1) is 0 Å². The second kappa shape index (κ2) is 7.58. The van der Waals surface area contributed by atoms with E-state index in [1.165, 1.54) is 31.4 Å². The lowest BCUT2D eigenvalue weighted by molar-refractivity contribution is -0.123. The molecule has 8 heteroatoms. The summed E-state index contributed by atoms with van der Waals surface area (Å²) in [5.74, 6) is -0.654. The summed E-state index contributed by atoms with van der Waals surface area (Å²) in [5.41, 5.74) is 5.50. The summed E-state index contributed by atoms with van der Waals surface area (Å²) in [6.45, 7) is 0.0664. The van der Waals surface area contributed by atoms with Gasteiger partial charge in [0.05, 0.1) is 17.3 Å². The first-order chi connectivity index (χ1) is 9.36. The molecule has 0 heterocycles. The van der Waals surface area contributed by atoms with E-state index >= 15 is 0 Å². The predicted molar refractivity (Wildman–Crippen MR) is 76.4 cm³/mol. The Balaban J connectivity index is 2.52. The topological polar surface area (TPSA) is 98.5 Å². The summed E-state index contributed by atoms with van der Waals surface area (Å²) in [7, 11) is -2.03. The van der Waals surface area contributed by atoms with Crippen molar-refractivity contribution in [1.29, 1.82) is 0 Å². The second-order valence-electron chi connectivity index (χ2n) is 4.13. The predicted octanol–water partition coefficient (Wildman–Crippen LogP) is 0.204. The number of ether oxygens (including phenoxy) is 1. The number of rotatable bonds is 7. The largest absolute Gasteiger partial charge is 0.383 e. The first-order valence-electron chi connectivity index (χ1n) is 5.87. The molecule has 0 aliphatic carbocycles. The van der Waals surface area contributed by atoms with Crippen LogP contribution in [-0.4, -0.2) is 46.4 Å². The van der Waals surface area contributed by atoms with Crippen molar-refractivity contribution in [3.05, 3.63) is 29.3 Å². The second-order valence-corrected chi connectivity index (χ2v) is 6.67. The van der Waals surface area contributed by atoms with E-state index in [1.54, 1.807) is 0 Å². The van der Waals surface area contributed by atoms with Gasteiger partial charge in [0.15, 0.2) is 9.84 Å². The van der Waals surface area contributed by atoms with Crippen molar-refractivity contribution in [3.8, 4) is 0 Å². The standard InChI is InChI=1S/C12H17ClN2O4S/c1-19-8-11(14)12(16)15-6-7-20(17,18)10-4-2-9(13)3-5-10/h2-5,11H,6-8,14H2,1H3,(H,15,16). The molecule has 0 saturated heterocycles. The molecule has 20 heavy (non-hydrogen) atoms. The van der Waals surface area contributed by atoms with Crippen molar-refractivity contribution >= 4 is 27.3 Å². The zero-order chi connectivity index (χ0) is 15.2. The monoisotopic (exact) mass is 320 g/mol. The number of benzene rings is 1. The van der Waals surface area contributed by atoms with E-state index in [4.69, 9.17) is 22.1 Å². The van der Waals surface area contributed by atoms with Crippen molar-refractivity contribution in [2.45, 2.75) is 10.9 Å². The van der Waals surface area contributed by atoms with E-state index in [2.05, 4.69) is 5.32 Å². The van der Waals surface area contributed by atoms with Crippen molar-refractivity contribution in [1.82, 2.24) is 5.32 Å². The lowest BCUT2D eigenvalue weighted by Gasteiger charge is -2.11. The number of nitrogens with two attached hydrogens (primary N) is 1. The van der Waals surface area contributed by atoms with E-state index in [1.807, 2.05) is 0 Å². The zero-order valence-corrected chi connectivity index (χ0v) is 12.6. The van der Waals surface area contributed by atoms with Crippen LogP contribution >= 0.6 is 11.6 Å². The molecule has 0 saturated carbocycles. The molecule has 0 spiro atoms. The molecule has 0 aliphatic heterocycles. The summed E-state index contributed by atoms with van der Waals surface area (Å²) in [4.78, 5) is 11.6. The van der Waals surface area contributed by atoms with Gasteiger partial charge in [0.25, 0.3) is 0 Å². The van der Waals surface area contributed by atoms with E-state index in [-0.39, 0.29) is 23.8 Å². The fourth-order valence-electron chi connectivity index (χ4n) is 1.45. The highest BCUT2D eigenvalue weighted by Crippen LogP contribution is 2.14. The van der Waals surface area contributed by atoms with Crippen LogP contribution in [0.5, 0.6) is 0 Å². The molecule has 1 rings (SSSR count). The number of amides is 1. The van der Waals surface area contributed by atoms with Crippen molar-refractivity contribution < 1.29 is 17.9 Å². The molecule has 1 aromatic carbocycles. The molecule has 112 valence electrons. The van der Waals surface area contributed by atoms with Gasteiger partial charge in [-0.2, -0.15) is 0 Å². The minimum Gasteiger partial charge on any atom is -0.383 e. The summed E-state index contributed by atoms with van der Waals surface area (Å²) < 4.78 is 28.7. The van der Waals surface area contributed by atoms with Gasteiger partial charge in [0, 0.05) is 18.7 Å². The van der Waals surface area contributed by atoms with Crippen LogP contribution in [0.15, 0.2) is 29.2 Å². The highest BCUT2D eigenvalue weighted by Gasteiger charge is 2.16. The van der Waals surface area contributed by atoms with Gasteiger partial charge < -0.3 is 15.8 Å². The number of carbonyl (C=O) groups excluding carboxylic acids is 1. The van der Waals surface area contributed by atoms with Gasteiger partial charge in [0.1, 0.15) is 6.04 Å². The maximum absolute atomic E-state index is 12.0.